The van der Waals surface area contributed by atoms with E-state index >= 15 is 0 Å². The van der Waals surface area contributed by atoms with E-state index in [-0.39, 0.29) is 10.6 Å². The summed E-state index contributed by atoms with van der Waals surface area (Å²) in [7, 11) is 0. The Balaban J connectivity index is 1.96. The molecule has 108 valence electrons. The van der Waals surface area contributed by atoms with Crippen LogP contribution in [0.5, 0.6) is 0 Å². The van der Waals surface area contributed by atoms with Crippen LogP contribution < -0.4 is 10.7 Å². The van der Waals surface area contributed by atoms with Gasteiger partial charge in [0.2, 0.25) is 0 Å². The molecular formula is C12H14ClN3O4. The molecule has 2 amide bonds. The van der Waals surface area contributed by atoms with Crippen molar-refractivity contribution in [2.24, 2.45) is 0 Å². The third-order valence-electron chi connectivity index (χ3n) is 2.73. The molecule has 0 spiro atoms. The summed E-state index contributed by atoms with van der Waals surface area (Å²) >= 11 is 5.75. The normalized spacial score (nSPS) is 15.7. The molecule has 0 bridgehead atoms. The summed E-state index contributed by atoms with van der Waals surface area (Å²) in [5.74, 6) is -1.15. The van der Waals surface area contributed by atoms with Crippen LogP contribution in [-0.4, -0.2) is 48.4 Å². The third kappa shape index (κ3) is 3.83. The molecule has 1 aromatic rings. The first-order valence-electron chi connectivity index (χ1n) is 5.99. The lowest BCUT2D eigenvalue weighted by Gasteiger charge is -2.26. The standard InChI is InChI=1S/C12H14ClN3O4/c13-10-2-1-8(7-9(10)11(17)18)14-12(19)15-16-3-5-20-6-4-16/h1-2,7H,3-6H2,(H,17,18)(H2,14,15,19). The largest absolute Gasteiger partial charge is 0.478 e. The summed E-state index contributed by atoms with van der Waals surface area (Å²) < 4.78 is 5.16. The maximum atomic E-state index is 11.8. The number of hydrogen-bond donors (Lipinski definition) is 3. The number of halogens is 1. The van der Waals surface area contributed by atoms with Gasteiger partial charge >= 0.3 is 12.0 Å². The zero-order valence-corrected chi connectivity index (χ0v) is 11.3. The molecule has 0 atom stereocenters. The van der Waals surface area contributed by atoms with Crippen molar-refractivity contribution in [3.63, 3.8) is 0 Å². The number of carboxylic acids is 1. The molecule has 1 heterocycles. The summed E-state index contributed by atoms with van der Waals surface area (Å²) in [6, 6.07) is 3.83. The van der Waals surface area contributed by atoms with Gasteiger partial charge in [-0.1, -0.05) is 11.6 Å². The van der Waals surface area contributed by atoms with Crippen molar-refractivity contribution in [3.05, 3.63) is 28.8 Å². The lowest BCUT2D eigenvalue weighted by Crippen LogP contribution is -2.49. The number of amides is 2. The minimum absolute atomic E-state index is 0.0594. The second-order valence-electron chi connectivity index (χ2n) is 4.17. The molecule has 2 rings (SSSR count). The van der Waals surface area contributed by atoms with Gasteiger partial charge in [-0.25, -0.2) is 14.6 Å². The van der Waals surface area contributed by atoms with Crippen LogP contribution >= 0.6 is 11.6 Å². The molecule has 1 aliphatic rings. The zero-order valence-electron chi connectivity index (χ0n) is 10.6. The number of morpholine rings is 1. The number of aromatic carboxylic acids is 1. The Kier molecular flexibility index (Phi) is 4.78. The first kappa shape index (κ1) is 14.6. The van der Waals surface area contributed by atoms with E-state index in [1.165, 1.54) is 18.2 Å². The minimum Gasteiger partial charge on any atom is -0.478 e. The molecule has 0 unspecified atom stereocenters. The van der Waals surface area contributed by atoms with E-state index in [1.807, 2.05) is 0 Å². The number of anilines is 1. The Labute approximate surface area is 120 Å². The maximum absolute atomic E-state index is 11.8. The van der Waals surface area contributed by atoms with Gasteiger partial charge in [-0.15, -0.1) is 0 Å². The number of rotatable bonds is 3. The number of carboxylic acid groups (broad SMARTS) is 1. The van der Waals surface area contributed by atoms with Gasteiger partial charge in [0.05, 0.1) is 23.8 Å². The Bertz CT molecular complexity index is 517. The monoisotopic (exact) mass is 299 g/mol. The fourth-order valence-electron chi connectivity index (χ4n) is 1.74. The number of urea groups is 1. The Morgan fingerprint density at radius 3 is 2.65 bits per heavy atom. The number of hydrogen-bond acceptors (Lipinski definition) is 4. The van der Waals surface area contributed by atoms with Crippen molar-refractivity contribution in [1.82, 2.24) is 10.4 Å². The molecule has 1 saturated heterocycles. The maximum Gasteiger partial charge on any atom is 0.337 e. The number of benzene rings is 1. The number of ether oxygens (including phenoxy) is 1. The van der Waals surface area contributed by atoms with Crippen molar-refractivity contribution in [2.45, 2.75) is 0 Å². The van der Waals surface area contributed by atoms with Gasteiger partial charge in [-0.3, -0.25) is 5.43 Å². The third-order valence-corrected chi connectivity index (χ3v) is 3.05. The lowest BCUT2D eigenvalue weighted by molar-refractivity contribution is 0.0207. The average Bonchev–Trinajstić information content (AvgIpc) is 2.41. The van der Waals surface area contributed by atoms with E-state index < -0.39 is 12.0 Å². The Morgan fingerprint density at radius 2 is 2.00 bits per heavy atom. The number of hydrazine groups is 1. The summed E-state index contributed by atoms with van der Waals surface area (Å²) in [5.41, 5.74) is 2.95. The molecule has 0 radical (unpaired) electrons. The van der Waals surface area contributed by atoms with Crippen LogP contribution in [0.25, 0.3) is 0 Å². The molecule has 20 heavy (non-hydrogen) atoms. The first-order valence-corrected chi connectivity index (χ1v) is 6.37. The van der Waals surface area contributed by atoms with E-state index in [9.17, 15) is 9.59 Å². The van der Waals surface area contributed by atoms with E-state index in [1.54, 1.807) is 5.01 Å². The van der Waals surface area contributed by atoms with E-state index in [0.717, 1.165) is 0 Å². The van der Waals surface area contributed by atoms with E-state index in [2.05, 4.69) is 10.7 Å². The van der Waals surface area contributed by atoms with Crippen LogP contribution in [0.4, 0.5) is 10.5 Å². The van der Waals surface area contributed by atoms with Gasteiger partial charge in [0.1, 0.15) is 0 Å². The van der Waals surface area contributed by atoms with Crippen LogP contribution in [0, 0.1) is 0 Å². The second kappa shape index (κ2) is 6.56. The highest BCUT2D eigenvalue weighted by atomic mass is 35.5. The van der Waals surface area contributed by atoms with Gasteiger partial charge in [0, 0.05) is 18.8 Å². The van der Waals surface area contributed by atoms with Gasteiger partial charge in [0.25, 0.3) is 0 Å². The first-order chi connectivity index (χ1) is 9.56. The van der Waals surface area contributed by atoms with Crippen LogP contribution in [-0.2, 0) is 4.74 Å². The molecule has 1 aromatic carbocycles. The average molecular weight is 300 g/mol. The van der Waals surface area contributed by atoms with Crippen molar-refractivity contribution < 1.29 is 19.4 Å². The molecule has 7 nitrogen and oxygen atoms in total. The van der Waals surface area contributed by atoms with Crippen LogP contribution in [0.3, 0.4) is 0 Å². The molecule has 3 N–H and O–H groups in total. The highest BCUT2D eigenvalue weighted by Crippen LogP contribution is 2.20. The molecular weight excluding hydrogens is 286 g/mol. The highest BCUT2D eigenvalue weighted by Gasteiger charge is 2.14. The summed E-state index contributed by atoms with van der Waals surface area (Å²) in [6.07, 6.45) is 0. The van der Waals surface area contributed by atoms with Crippen molar-refractivity contribution in [2.75, 3.05) is 31.6 Å². The Hall–Kier alpha value is -1.83. The van der Waals surface area contributed by atoms with Crippen molar-refractivity contribution in [1.29, 1.82) is 0 Å². The predicted octanol–water partition coefficient (Wildman–Crippen LogP) is 1.41. The van der Waals surface area contributed by atoms with Gasteiger partial charge in [0.15, 0.2) is 0 Å². The number of carbonyl (C=O) groups is 2. The van der Waals surface area contributed by atoms with E-state index in [4.69, 9.17) is 21.4 Å². The van der Waals surface area contributed by atoms with Gasteiger partial charge < -0.3 is 15.2 Å². The van der Waals surface area contributed by atoms with Crippen molar-refractivity contribution >= 4 is 29.3 Å². The molecule has 1 fully saturated rings. The quantitative estimate of drug-likeness (QED) is 0.785. The molecule has 0 aromatic heterocycles. The highest BCUT2D eigenvalue weighted by molar-refractivity contribution is 6.33. The summed E-state index contributed by atoms with van der Waals surface area (Å²) in [4.78, 5) is 22.7. The minimum atomic E-state index is -1.15. The number of carbonyl (C=O) groups excluding carboxylic acids is 1. The van der Waals surface area contributed by atoms with Crippen LogP contribution in [0.2, 0.25) is 5.02 Å². The van der Waals surface area contributed by atoms with Gasteiger partial charge in [-0.05, 0) is 18.2 Å². The molecule has 0 aliphatic carbocycles. The van der Waals surface area contributed by atoms with E-state index in [0.29, 0.717) is 32.0 Å². The van der Waals surface area contributed by atoms with Gasteiger partial charge in [-0.2, -0.15) is 0 Å². The second-order valence-corrected chi connectivity index (χ2v) is 4.57. The molecule has 8 heteroatoms. The number of nitrogens with one attached hydrogen (secondary N) is 2. The van der Waals surface area contributed by atoms with Crippen LogP contribution in [0.15, 0.2) is 18.2 Å². The number of nitrogens with zero attached hydrogens (tertiary/aromatic N) is 1. The van der Waals surface area contributed by atoms with Crippen LogP contribution in [0.1, 0.15) is 10.4 Å². The fraction of sp³-hybridized carbons (Fsp3) is 0.333. The molecule has 0 saturated carbocycles. The fourth-order valence-corrected chi connectivity index (χ4v) is 1.94. The smallest absolute Gasteiger partial charge is 0.337 e. The summed E-state index contributed by atoms with van der Waals surface area (Å²) in [5, 5.41) is 13.4. The molecule has 1 aliphatic heterocycles. The predicted molar refractivity (Wildman–Crippen MR) is 73.0 cm³/mol. The zero-order chi connectivity index (χ0) is 14.5. The SMILES string of the molecule is O=C(Nc1ccc(Cl)c(C(=O)O)c1)NN1CCOCC1. The summed E-state index contributed by atoms with van der Waals surface area (Å²) in [6.45, 7) is 2.33. The lowest BCUT2D eigenvalue weighted by atomic mass is 10.2. The van der Waals surface area contributed by atoms with Crippen molar-refractivity contribution in [3.8, 4) is 0 Å². The topological polar surface area (TPSA) is 90.9 Å². The Morgan fingerprint density at radius 1 is 1.30 bits per heavy atom.